The quantitative estimate of drug-likeness (QED) is 0.596. The van der Waals surface area contributed by atoms with Gasteiger partial charge in [0.2, 0.25) is 0 Å². The summed E-state index contributed by atoms with van der Waals surface area (Å²) in [6, 6.07) is 4.22. The van der Waals surface area contributed by atoms with Crippen molar-refractivity contribution in [1.29, 1.82) is 0 Å². The number of hydrogen-bond acceptors (Lipinski definition) is 4. The Bertz CT molecular complexity index is 512. The smallest absolute Gasteiger partial charge is 0.272 e. The van der Waals surface area contributed by atoms with Crippen LogP contribution in [0.1, 0.15) is 42.6 Å². The molecule has 0 fully saturated rings. The van der Waals surface area contributed by atoms with Crippen molar-refractivity contribution in [2.45, 2.75) is 39.7 Å². The molecule has 6 nitrogen and oxygen atoms in total. The summed E-state index contributed by atoms with van der Waals surface area (Å²) in [6.45, 7) is 5.77. The van der Waals surface area contributed by atoms with Crippen molar-refractivity contribution in [2.75, 3.05) is 6.54 Å². The average molecular weight is 294 g/mol. The van der Waals surface area contributed by atoms with Crippen LogP contribution in [0.15, 0.2) is 18.2 Å². The molecule has 1 rings (SSSR count). The van der Waals surface area contributed by atoms with Gasteiger partial charge in [-0.2, -0.15) is 0 Å². The van der Waals surface area contributed by atoms with Gasteiger partial charge in [0, 0.05) is 23.7 Å². The number of benzene rings is 1. The molecule has 0 spiro atoms. The Morgan fingerprint density at radius 1 is 1.38 bits per heavy atom. The van der Waals surface area contributed by atoms with E-state index in [4.69, 9.17) is 0 Å². The van der Waals surface area contributed by atoms with Crippen LogP contribution in [0.4, 0.5) is 5.69 Å². The van der Waals surface area contributed by atoms with Gasteiger partial charge in [-0.3, -0.25) is 14.9 Å². The van der Waals surface area contributed by atoms with E-state index in [1.54, 1.807) is 6.92 Å². The molecule has 0 aliphatic rings. The molecular formula is C15H22N2O4. The van der Waals surface area contributed by atoms with Crippen LogP contribution in [0.25, 0.3) is 0 Å². The third-order valence-electron chi connectivity index (χ3n) is 3.72. The van der Waals surface area contributed by atoms with Crippen molar-refractivity contribution in [1.82, 2.24) is 5.32 Å². The van der Waals surface area contributed by atoms with Crippen LogP contribution in [0.5, 0.6) is 0 Å². The number of nitrogens with one attached hydrogen (secondary N) is 1. The first kappa shape index (κ1) is 17.1. The monoisotopic (exact) mass is 294 g/mol. The molecule has 0 saturated carbocycles. The molecule has 0 heterocycles. The molecule has 2 N–H and O–H groups in total. The topological polar surface area (TPSA) is 92.5 Å². The first-order chi connectivity index (χ1) is 9.90. The van der Waals surface area contributed by atoms with Gasteiger partial charge in [-0.25, -0.2) is 0 Å². The molecule has 1 aromatic carbocycles. The average Bonchev–Trinajstić information content (AvgIpc) is 2.45. The van der Waals surface area contributed by atoms with Crippen molar-refractivity contribution >= 4 is 11.6 Å². The van der Waals surface area contributed by atoms with Gasteiger partial charge in [0.05, 0.1) is 11.0 Å². The fourth-order valence-electron chi connectivity index (χ4n) is 2.30. The molecule has 6 heteroatoms. The Morgan fingerprint density at radius 3 is 2.48 bits per heavy atom. The van der Waals surface area contributed by atoms with E-state index in [1.807, 2.05) is 13.8 Å². The highest BCUT2D eigenvalue weighted by atomic mass is 16.6. The minimum atomic E-state index is -0.580. The largest absolute Gasteiger partial charge is 0.391 e. The summed E-state index contributed by atoms with van der Waals surface area (Å²) in [6.07, 6.45) is 1.12. The minimum Gasteiger partial charge on any atom is -0.391 e. The van der Waals surface area contributed by atoms with Gasteiger partial charge in [-0.15, -0.1) is 0 Å². The standard InChI is InChI=1S/C15H22N2O4/c1-4-11(5-2)14(18)9-16-15(19)12-6-7-13(17(20)21)10(3)8-12/h6-8,11,14,18H,4-5,9H2,1-3H3,(H,16,19). The Morgan fingerprint density at radius 2 is 2.00 bits per heavy atom. The predicted molar refractivity (Wildman–Crippen MR) is 80.2 cm³/mol. The Balaban J connectivity index is 2.68. The second kappa shape index (κ2) is 7.73. The summed E-state index contributed by atoms with van der Waals surface area (Å²) < 4.78 is 0. The SMILES string of the molecule is CCC(CC)C(O)CNC(=O)c1ccc([N+](=O)[O-])c(C)c1. The van der Waals surface area contributed by atoms with Gasteiger partial charge < -0.3 is 10.4 Å². The van der Waals surface area contributed by atoms with E-state index >= 15 is 0 Å². The molecule has 116 valence electrons. The number of aliphatic hydroxyl groups excluding tert-OH is 1. The van der Waals surface area contributed by atoms with Crippen LogP contribution in [-0.4, -0.2) is 28.6 Å². The number of nitrogens with zero attached hydrogens (tertiary/aromatic N) is 1. The van der Waals surface area contributed by atoms with Gasteiger partial charge >= 0.3 is 0 Å². The van der Waals surface area contributed by atoms with Crippen molar-refractivity contribution < 1.29 is 14.8 Å². The summed E-state index contributed by atoms with van der Waals surface area (Å²) in [4.78, 5) is 22.2. The predicted octanol–water partition coefficient (Wildman–Crippen LogP) is 2.43. The summed E-state index contributed by atoms with van der Waals surface area (Å²) in [5, 5.41) is 23.4. The number of amides is 1. The summed E-state index contributed by atoms with van der Waals surface area (Å²) in [7, 11) is 0. The van der Waals surface area contributed by atoms with E-state index in [2.05, 4.69) is 5.32 Å². The number of carbonyl (C=O) groups excluding carboxylic acids is 1. The highest BCUT2D eigenvalue weighted by Crippen LogP contribution is 2.19. The van der Waals surface area contributed by atoms with Gasteiger partial charge in [-0.1, -0.05) is 26.7 Å². The normalized spacial score (nSPS) is 12.2. The number of carbonyl (C=O) groups is 1. The number of nitro benzene ring substituents is 1. The molecule has 1 aromatic rings. The number of hydrogen-bond donors (Lipinski definition) is 2. The van der Waals surface area contributed by atoms with E-state index in [0.717, 1.165) is 12.8 Å². The van der Waals surface area contributed by atoms with Gasteiger partial charge in [0.1, 0.15) is 0 Å². The lowest BCUT2D eigenvalue weighted by Gasteiger charge is -2.20. The molecule has 0 aliphatic heterocycles. The van der Waals surface area contributed by atoms with Crippen molar-refractivity contribution in [3.05, 3.63) is 39.4 Å². The van der Waals surface area contributed by atoms with E-state index in [0.29, 0.717) is 11.1 Å². The van der Waals surface area contributed by atoms with E-state index in [9.17, 15) is 20.0 Å². The maximum absolute atomic E-state index is 12.0. The second-order valence-corrected chi connectivity index (χ2v) is 5.11. The third-order valence-corrected chi connectivity index (χ3v) is 3.72. The maximum Gasteiger partial charge on any atom is 0.272 e. The van der Waals surface area contributed by atoms with Crippen LogP contribution in [0.2, 0.25) is 0 Å². The Hall–Kier alpha value is -1.95. The lowest BCUT2D eigenvalue weighted by atomic mass is 9.96. The number of aryl methyl sites for hydroxylation is 1. The maximum atomic E-state index is 12.0. The zero-order valence-electron chi connectivity index (χ0n) is 12.6. The molecule has 1 amide bonds. The molecule has 1 atom stereocenters. The van der Waals surface area contributed by atoms with Crippen LogP contribution in [0, 0.1) is 23.0 Å². The fraction of sp³-hybridized carbons (Fsp3) is 0.533. The fourth-order valence-corrected chi connectivity index (χ4v) is 2.30. The first-order valence-electron chi connectivity index (χ1n) is 7.11. The van der Waals surface area contributed by atoms with Gasteiger partial charge in [0.15, 0.2) is 0 Å². The Kier molecular flexibility index (Phi) is 6.30. The van der Waals surface area contributed by atoms with Crippen molar-refractivity contribution in [2.24, 2.45) is 5.92 Å². The number of nitro groups is 1. The zero-order valence-corrected chi connectivity index (χ0v) is 12.6. The van der Waals surface area contributed by atoms with E-state index < -0.39 is 11.0 Å². The van der Waals surface area contributed by atoms with Crippen LogP contribution < -0.4 is 5.32 Å². The van der Waals surface area contributed by atoms with Crippen LogP contribution in [0.3, 0.4) is 0 Å². The third kappa shape index (κ3) is 4.53. The summed E-state index contributed by atoms with van der Waals surface area (Å²) in [5.74, 6) is -0.179. The van der Waals surface area contributed by atoms with E-state index in [-0.39, 0.29) is 24.1 Å². The van der Waals surface area contributed by atoms with Crippen LogP contribution >= 0.6 is 0 Å². The number of rotatable bonds is 7. The first-order valence-corrected chi connectivity index (χ1v) is 7.11. The zero-order chi connectivity index (χ0) is 16.0. The lowest BCUT2D eigenvalue weighted by molar-refractivity contribution is -0.385. The molecule has 0 bridgehead atoms. The molecule has 0 aromatic heterocycles. The molecular weight excluding hydrogens is 272 g/mol. The van der Waals surface area contributed by atoms with Crippen LogP contribution in [-0.2, 0) is 0 Å². The number of aliphatic hydroxyl groups is 1. The van der Waals surface area contributed by atoms with Gasteiger partial charge in [0.25, 0.3) is 11.6 Å². The molecule has 0 aliphatic carbocycles. The van der Waals surface area contributed by atoms with E-state index in [1.165, 1.54) is 18.2 Å². The molecule has 0 radical (unpaired) electrons. The molecule has 21 heavy (non-hydrogen) atoms. The molecule has 1 unspecified atom stereocenters. The summed E-state index contributed by atoms with van der Waals surface area (Å²) in [5.41, 5.74) is 0.784. The second-order valence-electron chi connectivity index (χ2n) is 5.11. The summed E-state index contributed by atoms with van der Waals surface area (Å²) >= 11 is 0. The van der Waals surface area contributed by atoms with Gasteiger partial charge in [-0.05, 0) is 25.0 Å². The lowest BCUT2D eigenvalue weighted by Crippen LogP contribution is -2.36. The minimum absolute atomic E-state index is 0.0105. The highest BCUT2D eigenvalue weighted by molar-refractivity contribution is 5.94. The molecule has 0 saturated heterocycles. The highest BCUT2D eigenvalue weighted by Gasteiger charge is 2.18. The van der Waals surface area contributed by atoms with Crippen molar-refractivity contribution in [3.63, 3.8) is 0 Å². The van der Waals surface area contributed by atoms with Crippen molar-refractivity contribution in [3.8, 4) is 0 Å². The Labute approximate surface area is 124 Å².